The average molecular weight is 599 g/mol. The number of nitrogens with zero attached hydrogens (tertiary/aromatic N) is 2. The fourth-order valence-corrected chi connectivity index (χ4v) is 4.31. The minimum atomic E-state index is 0. The van der Waals surface area contributed by atoms with Crippen molar-refractivity contribution in [2.45, 2.75) is 33.7 Å². The van der Waals surface area contributed by atoms with Gasteiger partial charge in [0.25, 0.3) is 0 Å². The number of fused-ring (bicyclic) bond motifs is 1. The Kier molecular flexibility index (Phi) is 7.38. The van der Waals surface area contributed by atoms with Crippen LogP contribution in [0.4, 0.5) is 0 Å². The zero-order valence-corrected chi connectivity index (χ0v) is 20.4. The maximum Gasteiger partial charge on any atom is 0.217 e. The summed E-state index contributed by atoms with van der Waals surface area (Å²) in [5, 5.41) is 10.9. The van der Waals surface area contributed by atoms with Crippen molar-refractivity contribution in [2.24, 2.45) is 22.7 Å². The Balaban J connectivity index is 0.00000272. The summed E-state index contributed by atoms with van der Waals surface area (Å²) in [5.74, 6) is 3.20. The van der Waals surface area contributed by atoms with E-state index in [1.165, 1.54) is 0 Å². The summed E-state index contributed by atoms with van der Waals surface area (Å²) < 4.78 is 11.8. The van der Waals surface area contributed by atoms with E-state index in [-0.39, 0.29) is 32.9 Å². The molecule has 0 radical (unpaired) electrons. The van der Waals surface area contributed by atoms with E-state index < -0.39 is 0 Å². The van der Waals surface area contributed by atoms with Crippen LogP contribution in [-0.4, -0.2) is 28.6 Å². The predicted octanol–water partition coefficient (Wildman–Crippen LogP) is 5.60. The molecule has 0 bridgehead atoms. The molecular formula is C25H27N2O3Pt-. The van der Waals surface area contributed by atoms with Crippen LogP contribution in [0.1, 0.15) is 33.3 Å². The number of rotatable bonds is 6. The second kappa shape index (κ2) is 9.82. The summed E-state index contributed by atoms with van der Waals surface area (Å²) in [7, 11) is 0. The van der Waals surface area contributed by atoms with Gasteiger partial charge in [-0.2, -0.15) is 0 Å². The van der Waals surface area contributed by atoms with Gasteiger partial charge >= 0.3 is 0 Å². The van der Waals surface area contributed by atoms with Crippen LogP contribution in [0, 0.1) is 23.8 Å². The van der Waals surface area contributed by atoms with Crippen LogP contribution in [0.15, 0.2) is 53.5 Å². The molecule has 6 heteroatoms. The SMILES string of the molecule is CC(C)C(C(C)C)[C@H]1COC(c2[c-]c(Oc3ccc4cccc(O)c4n3)ccc2)=N1.[Pt]. The predicted molar refractivity (Wildman–Crippen MR) is 118 cm³/mol. The van der Waals surface area contributed by atoms with E-state index in [0.717, 1.165) is 10.9 Å². The molecule has 0 fully saturated rings. The van der Waals surface area contributed by atoms with E-state index in [4.69, 9.17) is 14.5 Å². The van der Waals surface area contributed by atoms with Crippen LogP contribution >= 0.6 is 0 Å². The van der Waals surface area contributed by atoms with Crippen molar-refractivity contribution in [3.63, 3.8) is 0 Å². The second-order valence-electron chi connectivity index (χ2n) is 8.41. The maximum atomic E-state index is 10.0. The molecule has 1 aliphatic rings. The Morgan fingerprint density at radius 2 is 1.77 bits per heavy atom. The fourth-order valence-electron chi connectivity index (χ4n) is 4.31. The third kappa shape index (κ3) is 5.10. The molecule has 0 spiro atoms. The zero-order chi connectivity index (χ0) is 21.3. The Bertz CT molecular complexity index is 1070. The summed E-state index contributed by atoms with van der Waals surface area (Å²) >= 11 is 0. The largest absolute Gasteiger partial charge is 0.518 e. The van der Waals surface area contributed by atoms with Gasteiger partial charge in [-0.1, -0.05) is 51.5 Å². The minimum absolute atomic E-state index is 0. The number of aromatic hydroxyl groups is 1. The molecule has 0 aliphatic carbocycles. The number of ether oxygens (including phenoxy) is 2. The van der Waals surface area contributed by atoms with E-state index >= 15 is 0 Å². The average Bonchev–Trinajstić information content (AvgIpc) is 3.18. The smallest absolute Gasteiger partial charge is 0.217 e. The van der Waals surface area contributed by atoms with Gasteiger partial charge in [-0.3, -0.25) is 4.99 Å². The molecule has 166 valence electrons. The first-order chi connectivity index (χ1) is 14.4. The number of benzene rings is 2. The topological polar surface area (TPSA) is 63.9 Å². The van der Waals surface area contributed by atoms with Crippen molar-refractivity contribution in [2.75, 3.05) is 6.61 Å². The van der Waals surface area contributed by atoms with Crippen molar-refractivity contribution >= 4 is 16.8 Å². The van der Waals surface area contributed by atoms with Crippen LogP contribution in [0.25, 0.3) is 10.9 Å². The van der Waals surface area contributed by atoms with Crippen molar-refractivity contribution in [3.8, 4) is 17.4 Å². The molecule has 0 saturated carbocycles. The first kappa shape index (κ1) is 23.3. The molecule has 31 heavy (non-hydrogen) atoms. The Labute approximate surface area is 197 Å². The number of hydrogen-bond acceptors (Lipinski definition) is 5. The van der Waals surface area contributed by atoms with Gasteiger partial charge in [-0.25, -0.2) is 4.98 Å². The van der Waals surface area contributed by atoms with Gasteiger partial charge in [0.15, 0.2) is 0 Å². The van der Waals surface area contributed by atoms with E-state index in [2.05, 4.69) is 38.7 Å². The number of pyridine rings is 1. The first-order valence-electron chi connectivity index (χ1n) is 10.4. The summed E-state index contributed by atoms with van der Waals surface area (Å²) in [6.07, 6.45) is 0. The number of aromatic nitrogens is 1. The third-order valence-corrected chi connectivity index (χ3v) is 5.54. The molecule has 1 atom stereocenters. The summed E-state index contributed by atoms with van der Waals surface area (Å²) in [6.45, 7) is 9.57. The monoisotopic (exact) mass is 598 g/mol. The number of para-hydroxylation sites is 1. The van der Waals surface area contributed by atoms with Crippen molar-refractivity contribution in [1.29, 1.82) is 0 Å². The second-order valence-corrected chi connectivity index (χ2v) is 8.41. The van der Waals surface area contributed by atoms with Crippen molar-refractivity contribution in [3.05, 3.63) is 60.2 Å². The molecule has 1 aliphatic heterocycles. The van der Waals surface area contributed by atoms with Crippen LogP contribution < -0.4 is 4.74 Å². The third-order valence-electron chi connectivity index (χ3n) is 5.54. The molecule has 2 aromatic carbocycles. The fraction of sp³-hybridized carbons (Fsp3) is 0.360. The Morgan fingerprint density at radius 3 is 2.52 bits per heavy atom. The molecule has 0 unspecified atom stereocenters. The van der Waals surface area contributed by atoms with Crippen molar-refractivity contribution in [1.82, 2.24) is 4.98 Å². The van der Waals surface area contributed by atoms with Crippen molar-refractivity contribution < 1.29 is 35.6 Å². The first-order valence-corrected chi connectivity index (χ1v) is 10.4. The maximum absolute atomic E-state index is 10.0. The van der Waals surface area contributed by atoms with Crippen LogP contribution in [0.3, 0.4) is 0 Å². The molecule has 5 nitrogen and oxygen atoms in total. The summed E-state index contributed by atoms with van der Waals surface area (Å²) in [6, 6.07) is 18.0. The van der Waals surface area contributed by atoms with E-state index in [0.29, 0.717) is 47.4 Å². The molecule has 2 heterocycles. The van der Waals surface area contributed by atoms with Crippen LogP contribution in [-0.2, 0) is 25.8 Å². The minimum Gasteiger partial charge on any atom is -0.518 e. The quantitative estimate of drug-likeness (QED) is 0.375. The molecular weight excluding hydrogens is 571 g/mol. The summed E-state index contributed by atoms with van der Waals surface area (Å²) in [5.41, 5.74) is 1.27. The van der Waals surface area contributed by atoms with Crippen LogP contribution in [0.5, 0.6) is 17.4 Å². The normalized spacial score (nSPS) is 15.8. The van der Waals surface area contributed by atoms with E-state index in [1.54, 1.807) is 18.2 Å². The zero-order valence-electron chi connectivity index (χ0n) is 18.1. The molecule has 1 N–H and O–H groups in total. The van der Waals surface area contributed by atoms with Gasteiger partial charge in [0.05, 0.1) is 12.6 Å². The van der Waals surface area contributed by atoms with Gasteiger partial charge in [-0.15, -0.1) is 18.2 Å². The van der Waals surface area contributed by atoms with Gasteiger partial charge in [0.2, 0.25) is 5.88 Å². The van der Waals surface area contributed by atoms with Gasteiger partial charge in [0.1, 0.15) is 17.2 Å². The van der Waals surface area contributed by atoms with Gasteiger partial charge in [-0.05, 0) is 29.9 Å². The Morgan fingerprint density at radius 1 is 1.03 bits per heavy atom. The number of aliphatic imine (C=N–C) groups is 1. The molecule has 1 aromatic heterocycles. The number of phenols is 1. The molecule has 4 rings (SSSR count). The molecule has 0 amide bonds. The number of hydrogen-bond donors (Lipinski definition) is 1. The van der Waals surface area contributed by atoms with Gasteiger partial charge < -0.3 is 14.6 Å². The molecule has 0 saturated heterocycles. The van der Waals surface area contributed by atoms with E-state index in [9.17, 15) is 5.11 Å². The van der Waals surface area contributed by atoms with Crippen LogP contribution in [0.2, 0.25) is 0 Å². The standard InChI is InChI=1S/C25H27N2O3.Pt/c1-15(2)23(16(3)4)20-14-29-25(26-20)18-8-5-9-19(13-18)30-22-12-11-17-7-6-10-21(28)24(17)27-22;/h5-12,15-16,20,23,28H,14H2,1-4H3;/q-1;/t20-;/m1./s1. The Hall–Kier alpha value is -2.39. The summed E-state index contributed by atoms with van der Waals surface area (Å²) in [4.78, 5) is 9.28. The molecule has 3 aromatic rings. The van der Waals surface area contributed by atoms with Gasteiger partial charge in [0, 0.05) is 38.3 Å². The van der Waals surface area contributed by atoms with E-state index in [1.807, 2.05) is 30.3 Å². The number of phenolic OH excluding ortho intramolecular Hbond substituents is 1.